The lowest BCUT2D eigenvalue weighted by atomic mass is 9.92. The van der Waals surface area contributed by atoms with Crippen LogP contribution in [0, 0.1) is 11.8 Å². The predicted molar refractivity (Wildman–Crippen MR) is 71.6 cm³/mol. The number of rotatable bonds is 8. The molecule has 0 aromatic heterocycles. The van der Waals surface area contributed by atoms with Crippen molar-refractivity contribution in [3.8, 4) is 0 Å². The molecule has 0 fully saturated rings. The normalized spacial score (nSPS) is 14.8. The van der Waals surface area contributed by atoms with Gasteiger partial charge in [-0.05, 0) is 51.5 Å². The second-order valence-corrected chi connectivity index (χ2v) is 6.48. The van der Waals surface area contributed by atoms with Gasteiger partial charge in [0.1, 0.15) is 0 Å². The maximum Gasteiger partial charge on any atom is 0.0560 e. The molecule has 1 unspecified atom stereocenters. The first-order valence-electron chi connectivity index (χ1n) is 6.66. The highest BCUT2D eigenvalue weighted by Gasteiger charge is 2.21. The molecule has 0 aromatic carbocycles. The highest BCUT2D eigenvalue weighted by Crippen LogP contribution is 2.17. The summed E-state index contributed by atoms with van der Waals surface area (Å²) in [7, 11) is 0. The van der Waals surface area contributed by atoms with Crippen LogP contribution in [0.15, 0.2) is 0 Å². The van der Waals surface area contributed by atoms with Gasteiger partial charge in [-0.2, -0.15) is 0 Å². The van der Waals surface area contributed by atoms with Gasteiger partial charge in [0.2, 0.25) is 0 Å². The van der Waals surface area contributed by atoms with Crippen molar-refractivity contribution in [2.45, 2.75) is 72.4 Å². The minimum Gasteiger partial charge on any atom is -0.393 e. The maximum atomic E-state index is 9.92. The topological polar surface area (TPSA) is 32.3 Å². The van der Waals surface area contributed by atoms with Crippen LogP contribution in [0.4, 0.5) is 0 Å². The van der Waals surface area contributed by atoms with Crippen LogP contribution in [0.2, 0.25) is 0 Å². The number of nitrogens with one attached hydrogen (secondary N) is 1. The Hall–Kier alpha value is -0.0800. The molecule has 0 saturated carbocycles. The van der Waals surface area contributed by atoms with Crippen molar-refractivity contribution in [1.29, 1.82) is 0 Å². The van der Waals surface area contributed by atoms with E-state index in [9.17, 15) is 5.11 Å². The van der Waals surface area contributed by atoms with Gasteiger partial charge in [0.25, 0.3) is 0 Å². The molecule has 1 atom stereocenters. The van der Waals surface area contributed by atoms with Crippen LogP contribution >= 0.6 is 0 Å². The number of hydrogen-bond donors (Lipinski definition) is 2. The average molecular weight is 229 g/mol. The summed E-state index contributed by atoms with van der Waals surface area (Å²) in [5, 5.41) is 13.5. The van der Waals surface area contributed by atoms with E-state index in [0.29, 0.717) is 5.92 Å². The van der Waals surface area contributed by atoms with Gasteiger partial charge < -0.3 is 10.4 Å². The molecule has 0 aliphatic carbocycles. The Kier molecular flexibility index (Phi) is 7.25. The first-order chi connectivity index (χ1) is 7.23. The molecule has 2 heteroatoms. The third-order valence-electron chi connectivity index (χ3n) is 2.81. The molecule has 0 bridgehead atoms. The van der Waals surface area contributed by atoms with E-state index in [0.717, 1.165) is 25.3 Å². The number of aliphatic hydroxyl groups is 1. The Balaban J connectivity index is 3.84. The smallest absolute Gasteiger partial charge is 0.0560 e. The molecule has 0 heterocycles. The average Bonchev–Trinajstić information content (AvgIpc) is 1.98. The Bertz CT molecular complexity index is 176. The Morgan fingerprint density at radius 3 is 2.06 bits per heavy atom. The summed E-state index contributed by atoms with van der Waals surface area (Å²) in [5.74, 6) is 1.31. The van der Waals surface area contributed by atoms with Crippen LogP contribution in [-0.4, -0.2) is 23.3 Å². The minimum absolute atomic E-state index is 0.0448. The van der Waals surface area contributed by atoms with Gasteiger partial charge in [-0.25, -0.2) is 0 Å². The fourth-order valence-electron chi connectivity index (χ4n) is 1.99. The standard InChI is InChI=1S/C14H31NO/c1-11(2)7-8-15-14(5,6)10-13(16)9-12(3)4/h11-13,15-16H,7-10H2,1-6H3. The van der Waals surface area contributed by atoms with Gasteiger partial charge in [0, 0.05) is 5.54 Å². The third kappa shape index (κ3) is 9.17. The monoisotopic (exact) mass is 229 g/mol. The summed E-state index contributed by atoms with van der Waals surface area (Å²) < 4.78 is 0. The van der Waals surface area contributed by atoms with Crippen LogP contribution in [-0.2, 0) is 0 Å². The van der Waals surface area contributed by atoms with Gasteiger partial charge in [-0.15, -0.1) is 0 Å². The molecule has 16 heavy (non-hydrogen) atoms. The van der Waals surface area contributed by atoms with E-state index in [1.54, 1.807) is 0 Å². The second-order valence-electron chi connectivity index (χ2n) is 6.48. The fourth-order valence-corrected chi connectivity index (χ4v) is 1.99. The predicted octanol–water partition coefficient (Wildman–Crippen LogP) is 3.20. The molecular weight excluding hydrogens is 198 g/mol. The number of aliphatic hydroxyl groups excluding tert-OH is 1. The molecular formula is C14H31NO. The fraction of sp³-hybridized carbons (Fsp3) is 1.00. The quantitative estimate of drug-likeness (QED) is 0.670. The van der Waals surface area contributed by atoms with E-state index in [-0.39, 0.29) is 11.6 Å². The minimum atomic E-state index is -0.179. The molecule has 98 valence electrons. The van der Waals surface area contributed by atoms with Crippen molar-refractivity contribution in [1.82, 2.24) is 5.32 Å². The molecule has 2 nitrogen and oxygen atoms in total. The Morgan fingerprint density at radius 1 is 1.06 bits per heavy atom. The van der Waals surface area contributed by atoms with Crippen molar-refractivity contribution in [3.05, 3.63) is 0 Å². The number of hydrogen-bond acceptors (Lipinski definition) is 2. The molecule has 0 aromatic rings. The zero-order valence-electron chi connectivity index (χ0n) is 12.0. The van der Waals surface area contributed by atoms with E-state index < -0.39 is 0 Å². The van der Waals surface area contributed by atoms with Crippen molar-refractivity contribution in [2.75, 3.05) is 6.54 Å². The van der Waals surface area contributed by atoms with Crippen molar-refractivity contribution in [2.24, 2.45) is 11.8 Å². The summed E-state index contributed by atoms with van der Waals surface area (Å²) in [4.78, 5) is 0. The van der Waals surface area contributed by atoms with Gasteiger partial charge in [-0.1, -0.05) is 27.7 Å². The van der Waals surface area contributed by atoms with Gasteiger partial charge in [-0.3, -0.25) is 0 Å². The van der Waals surface area contributed by atoms with Crippen molar-refractivity contribution >= 4 is 0 Å². The molecule has 0 saturated heterocycles. The Morgan fingerprint density at radius 2 is 1.62 bits per heavy atom. The van der Waals surface area contributed by atoms with Crippen LogP contribution in [0.5, 0.6) is 0 Å². The summed E-state index contributed by atoms with van der Waals surface area (Å²) in [6, 6.07) is 0. The molecule has 0 rings (SSSR count). The van der Waals surface area contributed by atoms with E-state index in [2.05, 4.69) is 46.9 Å². The van der Waals surface area contributed by atoms with Crippen molar-refractivity contribution < 1.29 is 5.11 Å². The van der Waals surface area contributed by atoms with Crippen LogP contribution in [0.1, 0.15) is 60.8 Å². The van der Waals surface area contributed by atoms with Crippen LogP contribution < -0.4 is 5.32 Å². The summed E-state index contributed by atoms with van der Waals surface area (Å²) in [6.07, 6.45) is 2.75. The van der Waals surface area contributed by atoms with Crippen molar-refractivity contribution in [3.63, 3.8) is 0 Å². The largest absolute Gasteiger partial charge is 0.393 e. The maximum absolute atomic E-state index is 9.92. The molecule has 0 aliphatic heterocycles. The summed E-state index contributed by atoms with van der Waals surface area (Å²) in [6.45, 7) is 14.2. The van der Waals surface area contributed by atoms with Crippen LogP contribution in [0.25, 0.3) is 0 Å². The first-order valence-corrected chi connectivity index (χ1v) is 6.66. The molecule has 0 amide bonds. The lowest BCUT2D eigenvalue weighted by Crippen LogP contribution is -2.43. The molecule has 0 radical (unpaired) electrons. The SMILES string of the molecule is CC(C)CCNC(C)(C)CC(O)CC(C)C. The highest BCUT2D eigenvalue weighted by atomic mass is 16.3. The zero-order chi connectivity index (χ0) is 12.8. The second kappa shape index (κ2) is 7.29. The van der Waals surface area contributed by atoms with Crippen LogP contribution in [0.3, 0.4) is 0 Å². The highest BCUT2D eigenvalue weighted by molar-refractivity contribution is 4.81. The molecule has 0 aliphatic rings. The third-order valence-corrected chi connectivity index (χ3v) is 2.81. The summed E-state index contributed by atoms with van der Waals surface area (Å²) >= 11 is 0. The van der Waals surface area contributed by atoms with E-state index in [4.69, 9.17) is 0 Å². The van der Waals surface area contributed by atoms with Gasteiger partial charge in [0.05, 0.1) is 6.10 Å². The first kappa shape index (κ1) is 15.9. The lowest BCUT2D eigenvalue weighted by molar-refractivity contribution is 0.108. The zero-order valence-corrected chi connectivity index (χ0v) is 12.0. The summed E-state index contributed by atoms with van der Waals surface area (Å²) in [5.41, 5.74) is 0.0448. The lowest BCUT2D eigenvalue weighted by Gasteiger charge is -2.30. The van der Waals surface area contributed by atoms with Gasteiger partial charge in [0.15, 0.2) is 0 Å². The Labute approximate surface area is 102 Å². The van der Waals surface area contributed by atoms with Gasteiger partial charge >= 0.3 is 0 Å². The van der Waals surface area contributed by atoms with E-state index in [1.165, 1.54) is 6.42 Å². The molecule has 2 N–H and O–H groups in total. The molecule has 0 spiro atoms. The van der Waals surface area contributed by atoms with E-state index >= 15 is 0 Å². The van der Waals surface area contributed by atoms with E-state index in [1.807, 2.05) is 0 Å².